The van der Waals surface area contributed by atoms with E-state index >= 15 is 0 Å². The molecule has 1 aromatic heterocycles. The van der Waals surface area contributed by atoms with Crippen molar-refractivity contribution in [3.8, 4) is 0 Å². The summed E-state index contributed by atoms with van der Waals surface area (Å²) in [5.41, 5.74) is 1.89. The zero-order chi connectivity index (χ0) is 16.7. The van der Waals surface area contributed by atoms with Crippen molar-refractivity contribution in [2.24, 2.45) is 5.41 Å². The van der Waals surface area contributed by atoms with E-state index in [9.17, 15) is 4.79 Å². The second-order valence-electron chi connectivity index (χ2n) is 7.47. The predicted octanol–water partition coefficient (Wildman–Crippen LogP) is 3.65. The standard InChI is InChI=1S/C20H24N2O2/c1-20-9-11-22(18(20)8-6-16(13-20)24-2)19(23)15-5-7-17-14(12-15)4-3-10-21-17/h3-5,7,10,12,16,18H,6,8-9,11,13H2,1-2H3/t16-,18-,20+/m1/s1. The van der Waals surface area contributed by atoms with Crippen LogP contribution in [0.15, 0.2) is 36.5 Å². The zero-order valence-corrected chi connectivity index (χ0v) is 14.4. The first-order valence-electron chi connectivity index (χ1n) is 8.79. The topological polar surface area (TPSA) is 42.4 Å². The minimum Gasteiger partial charge on any atom is -0.381 e. The molecule has 1 saturated carbocycles. The van der Waals surface area contributed by atoms with Crippen molar-refractivity contribution < 1.29 is 9.53 Å². The summed E-state index contributed by atoms with van der Waals surface area (Å²) < 4.78 is 5.58. The number of aromatic nitrogens is 1. The van der Waals surface area contributed by atoms with Crippen molar-refractivity contribution in [2.45, 2.75) is 44.8 Å². The Hall–Kier alpha value is -1.94. The first kappa shape index (κ1) is 15.6. The molecule has 2 fully saturated rings. The summed E-state index contributed by atoms with van der Waals surface area (Å²) in [6, 6.07) is 10.1. The summed E-state index contributed by atoms with van der Waals surface area (Å²) >= 11 is 0. The van der Waals surface area contributed by atoms with Crippen LogP contribution in [-0.4, -0.2) is 41.6 Å². The van der Waals surface area contributed by atoms with E-state index in [0.717, 1.165) is 48.7 Å². The molecular weight excluding hydrogens is 300 g/mol. The SMILES string of the molecule is CO[C@@H]1CC[C@H]2N(C(=O)c3ccc4ncccc4c3)CC[C@@]2(C)C1. The highest BCUT2D eigenvalue weighted by atomic mass is 16.5. The molecule has 24 heavy (non-hydrogen) atoms. The molecule has 0 bridgehead atoms. The normalized spacial score (nSPS) is 29.7. The van der Waals surface area contributed by atoms with Crippen molar-refractivity contribution in [2.75, 3.05) is 13.7 Å². The van der Waals surface area contributed by atoms with Gasteiger partial charge in [-0.1, -0.05) is 13.0 Å². The summed E-state index contributed by atoms with van der Waals surface area (Å²) in [5.74, 6) is 0.158. The maximum atomic E-state index is 13.1. The Bertz CT molecular complexity index is 775. The van der Waals surface area contributed by atoms with Gasteiger partial charge in [-0.25, -0.2) is 0 Å². The van der Waals surface area contributed by atoms with Gasteiger partial charge in [0.05, 0.1) is 11.6 Å². The quantitative estimate of drug-likeness (QED) is 0.847. The van der Waals surface area contributed by atoms with Gasteiger partial charge in [0, 0.05) is 36.8 Å². The first-order chi connectivity index (χ1) is 11.6. The first-order valence-corrected chi connectivity index (χ1v) is 8.79. The van der Waals surface area contributed by atoms with E-state index in [0.29, 0.717) is 12.1 Å². The van der Waals surface area contributed by atoms with Gasteiger partial charge in [-0.2, -0.15) is 0 Å². The van der Waals surface area contributed by atoms with Gasteiger partial charge >= 0.3 is 0 Å². The number of fused-ring (bicyclic) bond motifs is 2. The Morgan fingerprint density at radius 1 is 1.33 bits per heavy atom. The Morgan fingerprint density at radius 3 is 3.04 bits per heavy atom. The van der Waals surface area contributed by atoms with Crippen molar-refractivity contribution in [3.63, 3.8) is 0 Å². The van der Waals surface area contributed by atoms with Gasteiger partial charge in [-0.15, -0.1) is 0 Å². The highest BCUT2D eigenvalue weighted by molar-refractivity contribution is 5.98. The molecule has 1 aliphatic carbocycles. The van der Waals surface area contributed by atoms with E-state index in [4.69, 9.17) is 4.74 Å². The zero-order valence-electron chi connectivity index (χ0n) is 14.4. The highest BCUT2D eigenvalue weighted by Crippen LogP contribution is 2.47. The Morgan fingerprint density at radius 2 is 2.21 bits per heavy atom. The number of rotatable bonds is 2. The molecule has 1 aliphatic heterocycles. The minimum absolute atomic E-state index is 0.158. The smallest absolute Gasteiger partial charge is 0.254 e. The summed E-state index contributed by atoms with van der Waals surface area (Å²) in [4.78, 5) is 19.5. The lowest BCUT2D eigenvalue weighted by molar-refractivity contribution is -0.00276. The molecule has 1 aromatic carbocycles. The maximum absolute atomic E-state index is 13.1. The monoisotopic (exact) mass is 324 g/mol. The van der Waals surface area contributed by atoms with Crippen LogP contribution in [0.1, 0.15) is 43.0 Å². The number of carbonyl (C=O) groups is 1. The van der Waals surface area contributed by atoms with E-state index < -0.39 is 0 Å². The third-order valence-electron chi connectivity index (χ3n) is 6.00. The van der Waals surface area contributed by atoms with Crippen molar-refractivity contribution in [3.05, 3.63) is 42.1 Å². The molecule has 0 radical (unpaired) electrons. The van der Waals surface area contributed by atoms with Crippen molar-refractivity contribution >= 4 is 16.8 Å². The Labute approximate surface area is 142 Å². The van der Waals surface area contributed by atoms with Gasteiger partial charge in [-0.3, -0.25) is 9.78 Å². The minimum atomic E-state index is 0.158. The van der Waals surface area contributed by atoms with Gasteiger partial charge in [0.1, 0.15) is 0 Å². The molecule has 1 amide bonds. The number of pyridine rings is 1. The van der Waals surface area contributed by atoms with E-state index in [1.165, 1.54) is 0 Å². The highest BCUT2D eigenvalue weighted by Gasteiger charge is 2.49. The summed E-state index contributed by atoms with van der Waals surface area (Å²) in [6.45, 7) is 3.17. The fraction of sp³-hybridized carbons (Fsp3) is 0.500. The molecule has 2 aromatic rings. The number of nitrogens with zero attached hydrogens (tertiary/aromatic N) is 2. The van der Waals surface area contributed by atoms with Gasteiger partial charge in [0.2, 0.25) is 0 Å². The van der Waals surface area contributed by atoms with Gasteiger partial charge in [0.25, 0.3) is 5.91 Å². The number of likely N-dealkylation sites (tertiary alicyclic amines) is 1. The van der Waals surface area contributed by atoms with Gasteiger partial charge in [0.15, 0.2) is 0 Å². The molecular formula is C20H24N2O2. The lowest BCUT2D eigenvalue weighted by Gasteiger charge is -2.42. The number of hydrogen-bond donors (Lipinski definition) is 0. The van der Waals surface area contributed by atoms with Crippen LogP contribution in [0, 0.1) is 5.41 Å². The largest absolute Gasteiger partial charge is 0.381 e. The van der Waals surface area contributed by atoms with Crippen molar-refractivity contribution in [1.82, 2.24) is 9.88 Å². The summed E-state index contributed by atoms with van der Waals surface area (Å²) in [6.07, 6.45) is 6.33. The molecule has 2 aliphatic rings. The second-order valence-corrected chi connectivity index (χ2v) is 7.47. The molecule has 1 saturated heterocycles. The fourth-order valence-electron chi connectivity index (χ4n) is 4.60. The lowest BCUT2D eigenvalue weighted by atomic mass is 9.71. The van der Waals surface area contributed by atoms with E-state index in [1.54, 1.807) is 13.3 Å². The number of amides is 1. The fourth-order valence-corrected chi connectivity index (χ4v) is 4.60. The summed E-state index contributed by atoms with van der Waals surface area (Å²) in [7, 11) is 1.80. The van der Waals surface area contributed by atoms with Gasteiger partial charge in [-0.05, 0) is 55.4 Å². The molecule has 0 N–H and O–H groups in total. The van der Waals surface area contributed by atoms with Crippen LogP contribution in [0.4, 0.5) is 0 Å². The number of ether oxygens (including phenoxy) is 1. The average Bonchev–Trinajstić information content (AvgIpc) is 2.96. The molecule has 0 unspecified atom stereocenters. The molecule has 3 atom stereocenters. The Kier molecular flexibility index (Phi) is 3.80. The van der Waals surface area contributed by atoms with Crippen LogP contribution >= 0.6 is 0 Å². The van der Waals surface area contributed by atoms with Crippen LogP contribution < -0.4 is 0 Å². The second kappa shape index (κ2) is 5.85. The Balaban J connectivity index is 1.60. The third kappa shape index (κ3) is 2.49. The van der Waals surface area contributed by atoms with Crippen LogP contribution in [0.3, 0.4) is 0 Å². The molecule has 4 nitrogen and oxygen atoms in total. The van der Waals surface area contributed by atoms with Crippen LogP contribution in [0.2, 0.25) is 0 Å². The average molecular weight is 324 g/mol. The molecule has 4 heteroatoms. The maximum Gasteiger partial charge on any atom is 0.254 e. The van der Waals surface area contributed by atoms with Gasteiger partial charge < -0.3 is 9.64 Å². The molecule has 126 valence electrons. The number of benzene rings is 1. The number of methoxy groups -OCH3 is 1. The van der Waals surface area contributed by atoms with E-state index in [1.807, 2.05) is 30.3 Å². The van der Waals surface area contributed by atoms with Crippen LogP contribution in [-0.2, 0) is 4.74 Å². The number of hydrogen-bond acceptors (Lipinski definition) is 3. The van der Waals surface area contributed by atoms with Crippen LogP contribution in [0.25, 0.3) is 10.9 Å². The molecule has 2 heterocycles. The van der Waals surface area contributed by atoms with E-state index in [-0.39, 0.29) is 11.3 Å². The number of carbonyl (C=O) groups excluding carboxylic acids is 1. The summed E-state index contributed by atoms with van der Waals surface area (Å²) in [5, 5.41) is 1.02. The molecule has 4 rings (SSSR count). The van der Waals surface area contributed by atoms with Crippen molar-refractivity contribution in [1.29, 1.82) is 0 Å². The lowest BCUT2D eigenvalue weighted by Crippen LogP contribution is -2.46. The third-order valence-corrected chi connectivity index (χ3v) is 6.00. The molecule has 0 spiro atoms. The van der Waals surface area contributed by atoms with E-state index in [2.05, 4.69) is 16.8 Å². The predicted molar refractivity (Wildman–Crippen MR) is 93.9 cm³/mol. The van der Waals surface area contributed by atoms with Crippen LogP contribution in [0.5, 0.6) is 0 Å².